The molecule has 1 saturated heterocycles. The highest BCUT2D eigenvalue weighted by atomic mass is 16.6. The van der Waals surface area contributed by atoms with Crippen LogP contribution in [0.2, 0.25) is 0 Å². The van der Waals surface area contributed by atoms with Crippen molar-refractivity contribution < 1.29 is 14.6 Å². The summed E-state index contributed by atoms with van der Waals surface area (Å²) in [4.78, 5) is 13.9. The van der Waals surface area contributed by atoms with Crippen LogP contribution in [0.15, 0.2) is 0 Å². The quantitative estimate of drug-likeness (QED) is 0.779. The third kappa shape index (κ3) is 3.69. The van der Waals surface area contributed by atoms with Gasteiger partial charge in [0, 0.05) is 13.1 Å². The smallest absolute Gasteiger partial charge is 0.410 e. The Morgan fingerprint density at radius 2 is 1.76 bits per heavy atom. The molecule has 0 spiro atoms. The monoisotopic (exact) mass is 298 g/mol. The minimum absolute atomic E-state index is 0.323. The van der Waals surface area contributed by atoms with Crippen molar-refractivity contribution >= 4 is 6.09 Å². The molecule has 21 heavy (non-hydrogen) atoms. The lowest BCUT2D eigenvalue weighted by Crippen LogP contribution is -2.69. The van der Waals surface area contributed by atoms with Crippen LogP contribution in [0.1, 0.15) is 65.7 Å². The molecule has 2 rings (SSSR count). The molecule has 0 aromatic heterocycles. The second kappa shape index (κ2) is 5.76. The molecule has 1 aliphatic heterocycles. The van der Waals surface area contributed by atoms with Crippen molar-refractivity contribution in [2.24, 2.45) is 5.73 Å². The summed E-state index contributed by atoms with van der Waals surface area (Å²) < 4.78 is 5.44. The van der Waals surface area contributed by atoms with Crippen LogP contribution in [0.3, 0.4) is 0 Å². The average Bonchev–Trinajstić information content (AvgIpc) is 2.37. The second-order valence-electron chi connectivity index (χ2n) is 7.75. The van der Waals surface area contributed by atoms with Gasteiger partial charge in [0.25, 0.3) is 0 Å². The SMILES string of the molecule is CC(C)(C)OC(=O)N1CCCC(N)(C2(O)CCCCC2)C1. The topological polar surface area (TPSA) is 75.8 Å². The molecule has 1 atom stereocenters. The van der Waals surface area contributed by atoms with Crippen molar-refractivity contribution in [3.63, 3.8) is 0 Å². The molecule has 2 aliphatic rings. The van der Waals surface area contributed by atoms with E-state index in [-0.39, 0.29) is 6.09 Å². The minimum atomic E-state index is -0.841. The van der Waals surface area contributed by atoms with Crippen LogP contribution in [-0.2, 0) is 4.74 Å². The van der Waals surface area contributed by atoms with Gasteiger partial charge in [0.05, 0.1) is 11.1 Å². The lowest BCUT2D eigenvalue weighted by molar-refractivity contribution is -0.0893. The molecular weight excluding hydrogens is 268 g/mol. The van der Waals surface area contributed by atoms with E-state index in [1.165, 1.54) is 0 Å². The summed E-state index contributed by atoms with van der Waals surface area (Å²) in [6, 6.07) is 0. The van der Waals surface area contributed by atoms with Gasteiger partial charge in [-0.1, -0.05) is 19.3 Å². The number of rotatable bonds is 1. The molecule has 1 unspecified atom stereocenters. The van der Waals surface area contributed by atoms with Crippen molar-refractivity contribution in [3.05, 3.63) is 0 Å². The maximum atomic E-state index is 12.3. The zero-order valence-electron chi connectivity index (χ0n) is 13.7. The Labute approximate surface area is 127 Å². The number of carbonyl (C=O) groups is 1. The van der Waals surface area contributed by atoms with E-state index in [0.717, 1.165) is 44.9 Å². The first-order chi connectivity index (χ1) is 9.65. The summed E-state index contributed by atoms with van der Waals surface area (Å²) in [6.45, 7) is 6.62. The van der Waals surface area contributed by atoms with Crippen LogP contribution < -0.4 is 5.73 Å². The van der Waals surface area contributed by atoms with E-state index in [4.69, 9.17) is 10.5 Å². The van der Waals surface area contributed by atoms with Crippen LogP contribution in [0.5, 0.6) is 0 Å². The first kappa shape index (κ1) is 16.6. The molecule has 5 heteroatoms. The number of aliphatic hydroxyl groups is 1. The molecule has 2 fully saturated rings. The highest BCUT2D eigenvalue weighted by Gasteiger charge is 2.50. The van der Waals surface area contributed by atoms with Crippen molar-refractivity contribution in [1.29, 1.82) is 0 Å². The van der Waals surface area contributed by atoms with Gasteiger partial charge in [-0.15, -0.1) is 0 Å². The molecule has 1 heterocycles. The van der Waals surface area contributed by atoms with Gasteiger partial charge in [0.1, 0.15) is 5.60 Å². The fraction of sp³-hybridized carbons (Fsp3) is 0.938. The number of hydrogen-bond acceptors (Lipinski definition) is 4. The highest BCUT2D eigenvalue weighted by molar-refractivity contribution is 5.68. The van der Waals surface area contributed by atoms with Gasteiger partial charge in [-0.3, -0.25) is 0 Å². The highest BCUT2D eigenvalue weighted by Crippen LogP contribution is 2.40. The van der Waals surface area contributed by atoms with Crippen molar-refractivity contribution in [1.82, 2.24) is 4.90 Å². The Bertz CT molecular complexity index is 385. The van der Waals surface area contributed by atoms with E-state index in [2.05, 4.69) is 0 Å². The zero-order chi connectivity index (χ0) is 15.7. The molecule has 1 aliphatic carbocycles. The molecule has 5 nitrogen and oxygen atoms in total. The molecule has 3 N–H and O–H groups in total. The van der Waals surface area contributed by atoms with Crippen molar-refractivity contribution in [3.8, 4) is 0 Å². The first-order valence-electron chi connectivity index (χ1n) is 8.14. The van der Waals surface area contributed by atoms with Crippen LogP contribution in [0.4, 0.5) is 4.79 Å². The maximum absolute atomic E-state index is 12.3. The minimum Gasteiger partial charge on any atom is -0.444 e. The molecule has 0 radical (unpaired) electrons. The average molecular weight is 298 g/mol. The third-order valence-electron chi connectivity index (χ3n) is 4.78. The molecule has 0 aromatic rings. The van der Waals surface area contributed by atoms with Gasteiger partial charge in [0.15, 0.2) is 0 Å². The lowest BCUT2D eigenvalue weighted by Gasteiger charge is -2.51. The predicted molar refractivity (Wildman–Crippen MR) is 82.0 cm³/mol. The third-order valence-corrected chi connectivity index (χ3v) is 4.78. The molecular formula is C16H30N2O3. The number of ether oxygens (including phenoxy) is 1. The van der Waals surface area contributed by atoms with Gasteiger partial charge >= 0.3 is 6.09 Å². The van der Waals surface area contributed by atoms with Crippen molar-refractivity contribution in [2.75, 3.05) is 13.1 Å². The summed E-state index contributed by atoms with van der Waals surface area (Å²) in [6.07, 6.45) is 5.94. The Balaban J connectivity index is 2.07. The van der Waals surface area contributed by atoms with Crippen molar-refractivity contribution in [2.45, 2.75) is 82.5 Å². The van der Waals surface area contributed by atoms with E-state index >= 15 is 0 Å². The largest absolute Gasteiger partial charge is 0.444 e. The van der Waals surface area contributed by atoms with E-state index in [0.29, 0.717) is 13.1 Å². The molecule has 1 amide bonds. The molecule has 0 aromatic carbocycles. The Hall–Kier alpha value is -0.810. The molecule has 1 saturated carbocycles. The van der Waals surface area contributed by atoms with Crippen LogP contribution in [0.25, 0.3) is 0 Å². The van der Waals surface area contributed by atoms with Gasteiger partial charge in [-0.05, 0) is 46.5 Å². The number of piperidine rings is 1. The van der Waals surface area contributed by atoms with Crippen LogP contribution in [-0.4, -0.2) is 45.9 Å². The Morgan fingerprint density at radius 1 is 1.14 bits per heavy atom. The van der Waals surface area contributed by atoms with Gasteiger partial charge in [-0.25, -0.2) is 4.79 Å². The summed E-state index contributed by atoms with van der Waals surface area (Å²) in [5.74, 6) is 0. The Kier molecular flexibility index (Phi) is 4.54. The zero-order valence-corrected chi connectivity index (χ0v) is 13.7. The van der Waals surface area contributed by atoms with E-state index < -0.39 is 16.7 Å². The van der Waals surface area contributed by atoms with Crippen LogP contribution in [0, 0.1) is 0 Å². The number of carbonyl (C=O) groups excluding carboxylic acids is 1. The van der Waals surface area contributed by atoms with Gasteiger partial charge in [0.2, 0.25) is 0 Å². The predicted octanol–water partition coefficient (Wildman–Crippen LogP) is 2.41. The second-order valence-corrected chi connectivity index (χ2v) is 7.75. The number of likely N-dealkylation sites (tertiary alicyclic amines) is 1. The normalized spacial score (nSPS) is 30.0. The number of hydrogen-bond donors (Lipinski definition) is 2. The van der Waals surface area contributed by atoms with Gasteiger partial charge < -0.3 is 20.5 Å². The fourth-order valence-electron chi connectivity index (χ4n) is 3.58. The summed E-state index contributed by atoms with van der Waals surface area (Å²) in [5.41, 5.74) is 4.51. The summed E-state index contributed by atoms with van der Waals surface area (Å²) in [7, 11) is 0. The Morgan fingerprint density at radius 3 is 2.33 bits per heavy atom. The number of nitrogens with zero attached hydrogens (tertiary/aromatic N) is 1. The van der Waals surface area contributed by atoms with E-state index in [9.17, 15) is 9.90 Å². The van der Waals surface area contributed by atoms with Crippen LogP contribution >= 0.6 is 0 Å². The molecule has 0 bridgehead atoms. The first-order valence-corrected chi connectivity index (χ1v) is 8.14. The number of amides is 1. The molecule has 122 valence electrons. The van der Waals surface area contributed by atoms with E-state index in [1.54, 1.807) is 4.90 Å². The van der Waals surface area contributed by atoms with Gasteiger partial charge in [-0.2, -0.15) is 0 Å². The summed E-state index contributed by atoms with van der Waals surface area (Å²) >= 11 is 0. The van der Waals surface area contributed by atoms with E-state index in [1.807, 2.05) is 20.8 Å². The standard InChI is InChI=1S/C16H30N2O3/c1-14(2,3)21-13(19)18-11-7-8-15(17,12-18)16(20)9-5-4-6-10-16/h20H,4-12,17H2,1-3H3. The number of nitrogens with two attached hydrogens (primary N) is 1. The lowest BCUT2D eigenvalue weighted by atomic mass is 9.67. The fourth-order valence-corrected chi connectivity index (χ4v) is 3.58. The summed E-state index contributed by atoms with van der Waals surface area (Å²) in [5, 5.41) is 11.0. The maximum Gasteiger partial charge on any atom is 0.410 e.